The third-order valence-electron chi connectivity index (χ3n) is 1.70. The van der Waals surface area contributed by atoms with Gasteiger partial charge in [-0.2, -0.15) is 5.10 Å². The lowest BCUT2D eigenvalue weighted by atomic mass is 10.4. The Morgan fingerprint density at radius 1 is 1.47 bits per heavy atom. The topological polar surface area (TPSA) is 121 Å². The van der Waals surface area contributed by atoms with Crippen LogP contribution >= 0.6 is 0 Å². The first-order chi connectivity index (χ1) is 7.91. The van der Waals surface area contributed by atoms with Gasteiger partial charge >= 0.3 is 0 Å². The van der Waals surface area contributed by atoms with Crippen molar-refractivity contribution in [3.63, 3.8) is 0 Å². The van der Waals surface area contributed by atoms with Gasteiger partial charge in [0, 0.05) is 19.7 Å². The first-order valence-corrected chi connectivity index (χ1v) is 6.34. The Kier molecular flexibility index (Phi) is 4.21. The molecule has 1 heterocycles. The van der Waals surface area contributed by atoms with E-state index in [-0.39, 0.29) is 18.0 Å². The summed E-state index contributed by atoms with van der Waals surface area (Å²) in [6.07, 6.45) is 1.41. The van der Waals surface area contributed by atoms with Gasteiger partial charge in [0.25, 0.3) is 5.91 Å². The van der Waals surface area contributed by atoms with Crippen LogP contribution in [0.15, 0.2) is 12.3 Å². The number of nitrogens with one attached hydrogen (secondary N) is 3. The summed E-state index contributed by atoms with van der Waals surface area (Å²) in [4.78, 5) is 21.9. The molecule has 0 radical (unpaired) electrons. The molecular formula is C8H12N4O4S. The first-order valence-electron chi connectivity index (χ1n) is 4.69. The van der Waals surface area contributed by atoms with Gasteiger partial charge < -0.3 is 5.32 Å². The molecule has 2 amide bonds. The lowest BCUT2D eigenvalue weighted by Gasteiger charge is -2.05. The minimum Gasteiger partial charge on any atom is -0.350 e. The van der Waals surface area contributed by atoms with Crippen LogP contribution in [0, 0.1) is 0 Å². The number of aromatic nitrogens is 2. The molecule has 1 aromatic rings. The number of hydrogen-bond donors (Lipinski definition) is 3. The molecule has 94 valence electrons. The average Bonchev–Trinajstić information content (AvgIpc) is 2.67. The van der Waals surface area contributed by atoms with Crippen LogP contribution < -0.4 is 10.0 Å². The minimum atomic E-state index is -3.69. The summed E-state index contributed by atoms with van der Waals surface area (Å²) in [6.45, 7) is 1.00. The van der Waals surface area contributed by atoms with E-state index < -0.39 is 21.8 Å². The Labute approximate surface area is 97.8 Å². The van der Waals surface area contributed by atoms with Crippen molar-refractivity contribution in [1.29, 1.82) is 0 Å². The van der Waals surface area contributed by atoms with Crippen molar-refractivity contribution in [2.75, 3.05) is 12.3 Å². The predicted molar refractivity (Wildman–Crippen MR) is 58.5 cm³/mol. The fraction of sp³-hybridized carbons (Fsp3) is 0.375. The van der Waals surface area contributed by atoms with Gasteiger partial charge in [-0.1, -0.05) is 0 Å². The smallest absolute Gasteiger partial charge is 0.269 e. The van der Waals surface area contributed by atoms with Gasteiger partial charge in [0.15, 0.2) is 0 Å². The largest absolute Gasteiger partial charge is 0.350 e. The van der Waals surface area contributed by atoms with Gasteiger partial charge in [-0.3, -0.25) is 19.4 Å². The molecule has 3 N–H and O–H groups in total. The summed E-state index contributed by atoms with van der Waals surface area (Å²) >= 11 is 0. The monoisotopic (exact) mass is 260 g/mol. The fourth-order valence-corrected chi connectivity index (χ4v) is 1.96. The molecule has 9 heteroatoms. The van der Waals surface area contributed by atoms with E-state index in [0.717, 1.165) is 6.92 Å². The highest BCUT2D eigenvalue weighted by atomic mass is 32.2. The third kappa shape index (κ3) is 4.64. The Balaban J connectivity index is 2.38. The predicted octanol–water partition coefficient (Wildman–Crippen LogP) is -1.39. The van der Waals surface area contributed by atoms with Crippen molar-refractivity contribution in [3.8, 4) is 0 Å². The van der Waals surface area contributed by atoms with Crippen LogP contribution in [-0.4, -0.2) is 42.7 Å². The van der Waals surface area contributed by atoms with E-state index in [1.807, 2.05) is 0 Å². The van der Waals surface area contributed by atoms with E-state index in [4.69, 9.17) is 0 Å². The van der Waals surface area contributed by atoms with Gasteiger partial charge in [-0.25, -0.2) is 8.42 Å². The molecular weight excluding hydrogens is 248 g/mol. The zero-order valence-corrected chi connectivity index (χ0v) is 9.87. The van der Waals surface area contributed by atoms with Crippen molar-refractivity contribution in [2.45, 2.75) is 6.92 Å². The van der Waals surface area contributed by atoms with E-state index in [2.05, 4.69) is 15.5 Å². The molecule has 0 spiro atoms. The number of amides is 2. The summed E-state index contributed by atoms with van der Waals surface area (Å²) in [6, 6.07) is 1.46. The molecule has 1 rings (SSSR count). The molecule has 0 aliphatic rings. The molecule has 0 fully saturated rings. The van der Waals surface area contributed by atoms with E-state index in [1.54, 1.807) is 4.72 Å². The number of aromatic amines is 1. The maximum atomic E-state index is 11.3. The van der Waals surface area contributed by atoms with E-state index >= 15 is 0 Å². The molecule has 8 nitrogen and oxygen atoms in total. The van der Waals surface area contributed by atoms with Crippen molar-refractivity contribution in [2.24, 2.45) is 0 Å². The maximum Gasteiger partial charge on any atom is 0.269 e. The average molecular weight is 260 g/mol. The zero-order chi connectivity index (χ0) is 12.9. The van der Waals surface area contributed by atoms with Crippen LogP contribution in [0.5, 0.6) is 0 Å². The SMILES string of the molecule is CC(=O)NS(=O)(=O)CCNC(=O)c1ccn[nH]1. The maximum absolute atomic E-state index is 11.3. The highest BCUT2D eigenvalue weighted by Gasteiger charge is 2.13. The Morgan fingerprint density at radius 3 is 2.71 bits per heavy atom. The van der Waals surface area contributed by atoms with Crippen molar-refractivity contribution in [1.82, 2.24) is 20.2 Å². The summed E-state index contributed by atoms with van der Waals surface area (Å²) in [5, 5.41) is 8.39. The molecule has 0 aliphatic heterocycles. The number of nitrogens with zero attached hydrogens (tertiary/aromatic N) is 1. The Bertz CT molecular complexity index is 494. The molecule has 0 bridgehead atoms. The van der Waals surface area contributed by atoms with E-state index in [1.165, 1.54) is 12.3 Å². The molecule has 0 aliphatic carbocycles. The van der Waals surface area contributed by atoms with Gasteiger partial charge in [0.2, 0.25) is 15.9 Å². The normalized spacial score (nSPS) is 10.9. The molecule has 0 atom stereocenters. The molecule has 1 aromatic heterocycles. The minimum absolute atomic E-state index is 0.0968. The molecule has 0 saturated heterocycles. The third-order valence-corrected chi connectivity index (χ3v) is 3.04. The first kappa shape index (κ1) is 13.2. The van der Waals surface area contributed by atoms with Crippen LogP contribution in [0.3, 0.4) is 0 Å². The fourth-order valence-electron chi connectivity index (χ4n) is 1.05. The highest BCUT2D eigenvalue weighted by molar-refractivity contribution is 7.90. The van der Waals surface area contributed by atoms with Crippen LogP contribution in [0.1, 0.15) is 17.4 Å². The van der Waals surface area contributed by atoms with Crippen molar-refractivity contribution < 1.29 is 18.0 Å². The Hall–Kier alpha value is -1.90. The molecule has 0 saturated carbocycles. The van der Waals surface area contributed by atoms with Crippen LogP contribution in [0.4, 0.5) is 0 Å². The number of carbonyl (C=O) groups is 2. The van der Waals surface area contributed by atoms with Crippen molar-refractivity contribution in [3.05, 3.63) is 18.0 Å². The summed E-state index contributed by atoms with van der Waals surface area (Å²) in [7, 11) is -3.69. The van der Waals surface area contributed by atoms with Crippen molar-refractivity contribution >= 4 is 21.8 Å². The zero-order valence-electron chi connectivity index (χ0n) is 9.06. The summed E-state index contributed by atoms with van der Waals surface area (Å²) in [5.41, 5.74) is 0.238. The quantitative estimate of drug-likeness (QED) is 0.601. The van der Waals surface area contributed by atoms with Gasteiger partial charge in [-0.15, -0.1) is 0 Å². The van der Waals surface area contributed by atoms with Crippen LogP contribution in [-0.2, 0) is 14.8 Å². The summed E-state index contributed by atoms with van der Waals surface area (Å²) < 4.78 is 24.2. The number of hydrogen-bond acceptors (Lipinski definition) is 5. The van der Waals surface area contributed by atoms with E-state index in [9.17, 15) is 18.0 Å². The lowest BCUT2D eigenvalue weighted by Crippen LogP contribution is -2.36. The summed E-state index contributed by atoms with van der Waals surface area (Å²) in [5.74, 6) is -1.49. The van der Waals surface area contributed by atoms with Crippen LogP contribution in [0.2, 0.25) is 0 Å². The molecule has 0 aromatic carbocycles. The number of sulfonamides is 1. The highest BCUT2D eigenvalue weighted by Crippen LogP contribution is 1.90. The lowest BCUT2D eigenvalue weighted by molar-refractivity contribution is -0.117. The van der Waals surface area contributed by atoms with Crippen LogP contribution in [0.25, 0.3) is 0 Å². The molecule has 17 heavy (non-hydrogen) atoms. The second kappa shape index (κ2) is 5.43. The second-order valence-corrected chi connectivity index (χ2v) is 5.05. The number of rotatable bonds is 5. The second-order valence-electron chi connectivity index (χ2n) is 3.20. The molecule has 0 unspecified atom stereocenters. The van der Waals surface area contributed by atoms with E-state index in [0.29, 0.717) is 0 Å². The van der Waals surface area contributed by atoms with Gasteiger partial charge in [0.1, 0.15) is 5.69 Å². The standard InChI is InChI=1S/C8H12N4O4S/c1-6(13)12-17(15,16)5-4-9-8(14)7-2-3-10-11-7/h2-3H,4-5H2,1H3,(H,9,14)(H,10,11)(H,12,13). The Morgan fingerprint density at radius 2 is 2.18 bits per heavy atom. The van der Waals surface area contributed by atoms with Gasteiger partial charge in [0.05, 0.1) is 5.75 Å². The number of carbonyl (C=O) groups excluding carboxylic acids is 2. The number of H-pyrrole nitrogens is 1. The van der Waals surface area contributed by atoms with Gasteiger partial charge in [-0.05, 0) is 6.07 Å².